The molecular weight excluding hydrogens is 212 g/mol. The topological polar surface area (TPSA) is 26.3 Å². The maximum Gasteiger partial charge on any atom is 0.143 e. The molecule has 92 valence electrons. The Balaban J connectivity index is 2.07. The molecule has 1 aliphatic carbocycles. The molecule has 1 aromatic carbocycles. The first kappa shape index (κ1) is 12.3. The van der Waals surface area contributed by atoms with Crippen molar-refractivity contribution in [3.05, 3.63) is 35.9 Å². The summed E-state index contributed by atoms with van der Waals surface area (Å²) in [6, 6.07) is 10.2. The van der Waals surface area contributed by atoms with Crippen LogP contribution < -0.4 is 0 Å². The van der Waals surface area contributed by atoms with E-state index in [0.717, 1.165) is 19.3 Å². The average Bonchev–Trinajstić information content (AvgIpc) is 2.29. The second-order valence-corrected chi connectivity index (χ2v) is 4.82. The third kappa shape index (κ3) is 2.42. The molecule has 0 saturated heterocycles. The van der Waals surface area contributed by atoms with Crippen molar-refractivity contribution >= 4 is 5.78 Å². The van der Waals surface area contributed by atoms with Crippen LogP contribution in [0.5, 0.6) is 0 Å². The Morgan fingerprint density at radius 2 is 2.00 bits per heavy atom. The predicted octanol–water partition coefficient (Wildman–Crippen LogP) is 3.10. The van der Waals surface area contributed by atoms with Gasteiger partial charge in [0.15, 0.2) is 0 Å². The maximum absolute atomic E-state index is 12.4. The Bertz CT molecular complexity index is 366. The number of methoxy groups -OCH3 is 1. The van der Waals surface area contributed by atoms with Gasteiger partial charge in [-0.1, -0.05) is 36.8 Å². The molecule has 0 aromatic heterocycles. The van der Waals surface area contributed by atoms with Gasteiger partial charge in [-0.2, -0.15) is 0 Å². The molecule has 0 radical (unpaired) electrons. The van der Waals surface area contributed by atoms with Crippen LogP contribution in [0.1, 0.15) is 37.7 Å². The molecule has 2 heteroatoms. The summed E-state index contributed by atoms with van der Waals surface area (Å²) in [7, 11) is 1.68. The Hall–Kier alpha value is -1.15. The molecule has 1 aromatic rings. The summed E-state index contributed by atoms with van der Waals surface area (Å²) < 4.78 is 5.01. The zero-order valence-corrected chi connectivity index (χ0v) is 10.4. The number of ether oxygens (including phenoxy) is 1. The van der Waals surface area contributed by atoms with Crippen molar-refractivity contribution in [2.75, 3.05) is 13.7 Å². The number of Topliss-reactive ketones (excluding diaryl/α,β-unsaturated/α-hetero) is 1. The minimum atomic E-state index is -0.172. The van der Waals surface area contributed by atoms with E-state index in [2.05, 4.69) is 12.1 Å². The predicted molar refractivity (Wildman–Crippen MR) is 68.1 cm³/mol. The van der Waals surface area contributed by atoms with Gasteiger partial charge in [0.25, 0.3) is 0 Å². The summed E-state index contributed by atoms with van der Waals surface area (Å²) in [5.41, 5.74) is 1.03. The van der Waals surface area contributed by atoms with Crippen molar-refractivity contribution in [3.63, 3.8) is 0 Å². The molecule has 17 heavy (non-hydrogen) atoms. The highest BCUT2D eigenvalue weighted by Gasteiger charge is 2.44. The normalized spacial score (nSPS) is 17.5. The number of hydrogen-bond donors (Lipinski definition) is 0. The van der Waals surface area contributed by atoms with Gasteiger partial charge in [-0.25, -0.2) is 0 Å². The van der Waals surface area contributed by atoms with Crippen molar-refractivity contribution < 1.29 is 9.53 Å². The summed E-state index contributed by atoms with van der Waals surface area (Å²) >= 11 is 0. The average molecular weight is 232 g/mol. The van der Waals surface area contributed by atoms with Gasteiger partial charge in [0.1, 0.15) is 5.78 Å². The zero-order chi connectivity index (χ0) is 12.1. The highest BCUT2D eigenvalue weighted by Crippen LogP contribution is 2.45. The fourth-order valence-electron chi connectivity index (χ4n) is 2.63. The van der Waals surface area contributed by atoms with E-state index in [9.17, 15) is 4.79 Å². The van der Waals surface area contributed by atoms with Crippen molar-refractivity contribution in [1.29, 1.82) is 0 Å². The van der Waals surface area contributed by atoms with Crippen LogP contribution in [0.3, 0.4) is 0 Å². The molecule has 1 saturated carbocycles. The van der Waals surface area contributed by atoms with Crippen LogP contribution in [0.4, 0.5) is 0 Å². The smallest absolute Gasteiger partial charge is 0.143 e. The number of carbonyl (C=O) groups is 1. The van der Waals surface area contributed by atoms with E-state index in [1.54, 1.807) is 7.11 Å². The lowest BCUT2D eigenvalue weighted by Crippen LogP contribution is -2.42. The molecule has 2 rings (SSSR count). The van der Waals surface area contributed by atoms with E-state index in [1.807, 2.05) is 18.2 Å². The van der Waals surface area contributed by atoms with Gasteiger partial charge in [0.05, 0.1) is 5.41 Å². The van der Waals surface area contributed by atoms with E-state index in [0.29, 0.717) is 18.8 Å². The number of ketones is 1. The lowest BCUT2D eigenvalue weighted by atomic mass is 9.61. The molecule has 1 aliphatic rings. The summed E-state index contributed by atoms with van der Waals surface area (Å²) in [6.45, 7) is 0.677. The van der Waals surface area contributed by atoms with Gasteiger partial charge in [-0.15, -0.1) is 0 Å². The summed E-state index contributed by atoms with van der Waals surface area (Å²) in [4.78, 5) is 12.4. The Morgan fingerprint density at radius 1 is 1.29 bits per heavy atom. The lowest BCUT2D eigenvalue weighted by molar-refractivity contribution is -0.128. The summed E-state index contributed by atoms with van der Waals surface area (Å²) in [6.07, 6.45) is 4.68. The number of benzene rings is 1. The van der Waals surface area contributed by atoms with Crippen molar-refractivity contribution in [2.24, 2.45) is 0 Å². The third-order valence-electron chi connectivity index (χ3n) is 3.82. The molecule has 2 nitrogen and oxygen atoms in total. The highest BCUT2D eigenvalue weighted by atomic mass is 16.5. The van der Waals surface area contributed by atoms with Crippen LogP contribution in [-0.4, -0.2) is 19.5 Å². The van der Waals surface area contributed by atoms with Crippen LogP contribution in [0.25, 0.3) is 0 Å². The second-order valence-electron chi connectivity index (χ2n) is 4.82. The molecular formula is C15H20O2. The molecule has 0 atom stereocenters. The van der Waals surface area contributed by atoms with Crippen molar-refractivity contribution in [2.45, 2.75) is 37.5 Å². The molecule has 0 aliphatic heterocycles. The largest absolute Gasteiger partial charge is 0.385 e. The van der Waals surface area contributed by atoms with Gasteiger partial charge in [-0.3, -0.25) is 4.79 Å². The van der Waals surface area contributed by atoms with E-state index in [-0.39, 0.29) is 5.41 Å². The standard InChI is InChI=1S/C15H20O2/c1-17-12-5-9-14(16)15(10-6-11-15)13-7-3-2-4-8-13/h2-4,7-8H,5-6,9-12H2,1H3. The van der Waals surface area contributed by atoms with Crippen LogP contribution in [0, 0.1) is 0 Å². The first-order chi connectivity index (χ1) is 8.29. The van der Waals surface area contributed by atoms with E-state index < -0.39 is 0 Å². The molecule has 0 heterocycles. The fraction of sp³-hybridized carbons (Fsp3) is 0.533. The first-order valence-corrected chi connectivity index (χ1v) is 6.37. The molecule has 0 unspecified atom stereocenters. The minimum Gasteiger partial charge on any atom is -0.385 e. The van der Waals surface area contributed by atoms with E-state index >= 15 is 0 Å². The van der Waals surface area contributed by atoms with Gasteiger partial charge in [0, 0.05) is 20.1 Å². The van der Waals surface area contributed by atoms with Gasteiger partial charge < -0.3 is 4.74 Å². The van der Waals surface area contributed by atoms with Gasteiger partial charge >= 0.3 is 0 Å². The molecule has 0 N–H and O–H groups in total. The minimum absolute atomic E-state index is 0.172. The molecule has 0 bridgehead atoms. The number of rotatable bonds is 6. The van der Waals surface area contributed by atoms with Crippen LogP contribution >= 0.6 is 0 Å². The second kappa shape index (κ2) is 5.46. The van der Waals surface area contributed by atoms with Gasteiger partial charge in [-0.05, 0) is 24.8 Å². The monoisotopic (exact) mass is 232 g/mol. The summed E-state index contributed by atoms with van der Waals surface area (Å²) in [5.74, 6) is 0.395. The number of hydrogen-bond acceptors (Lipinski definition) is 2. The van der Waals surface area contributed by atoms with Gasteiger partial charge in [0.2, 0.25) is 0 Å². The van der Waals surface area contributed by atoms with E-state index in [1.165, 1.54) is 12.0 Å². The van der Waals surface area contributed by atoms with Crippen LogP contribution in [0.15, 0.2) is 30.3 Å². The molecule has 0 amide bonds. The van der Waals surface area contributed by atoms with Crippen molar-refractivity contribution in [3.8, 4) is 0 Å². The maximum atomic E-state index is 12.4. The molecule has 1 fully saturated rings. The quantitative estimate of drug-likeness (QED) is 0.704. The number of carbonyl (C=O) groups excluding carboxylic acids is 1. The highest BCUT2D eigenvalue weighted by molar-refractivity contribution is 5.91. The van der Waals surface area contributed by atoms with E-state index in [4.69, 9.17) is 4.74 Å². The first-order valence-electron chi connectivity index (χ1n) is 6.37. The third-order valence-corrected chi connectivity index (χ3v) is 3.82. The van der Waals surface area contributed by atoms with Crippen LogP contribution in [0.2, 0.25) is 0 Å². The Morgan fingerprint density at radius 3 is 2.53 bits per heavy atom. The fourth-order valence-corrected chi connectivity index (χ4v) is 2.63. The van der Waals surface area contributed by atoms with Crippen molar-refractivity contribution in [1.82, 2.24) is 0 Å². The zero-order valence-electron chi connectivity index (χ0n) is 10.4. The van der Waals surface area contributed by atoms with Crippen LogP contribution in [-0.2, 0) is 14.9 Å². The summed E-state index contributed by atoms with van der Waals surface area (Å²) in [5, 5.41) is 0. The molecule has 0 spiro atoms. The Kier molecular flexibility index (Phi) is 3.95. The SMILES string of the molecule is COCCCC(=O)C1(c2ccccc2)CCC1. The Labute approximate surface area is 103 Å². The lowest BCUT2D eigenvalue weighted by Gasteiger charge is -2.41.